The third-order valence-electron chi connectivity index (χ3n) is 3.38. The molecular weight excluding hydrogens is 365 g/mol. The first kappa shape index (κ1) is 19.1. The summed E-state index contributed by atoms with van der Waals surface area (Å²) in [5.41, 5.74) is 1.23. The fourth-order valence-electron chi connectivity index (χ4n) is 2.05. The van der Waals surface area contributed by atoms with E-state index in [2.05, 4.69) is 5.32 Å². The second-order valence-electron chi connectivity index (χ2n) is 5.15. The molecule has 0 unspecified atom stereocenters. The van der Waals surface area contributed by atoms with Crippen LogP contribution < -0.4 is 10.1 Å². The molecule has 2 aromatic rings. The van der Waals surface area contributed by atoms with Gasteiger partial charge in [-0.2, -0.15) is 0 Å². The van der Waals surface area contributed by atoms with Crippen molar-refractivity contribution in [2.24, 2.45) is 0 Å². The molecule has 1 N–H and O–H groups in total. The van der Waals surface area contributed by atoms with E-state index in [0.717, 1.165) is 11.3 Å². The smallest absolute Gasteiger partial charge is 0.340 e. The molecule has 0 saturated heterocycles. The Morgan fingerprint density at radius 2 is 1.80 bits per heavy atom. The molecule has 132 valence electrons. The summed E-state index contributed by atoms with van der Waals surface area (Å²) in [6.07, 6.45) is 0.659. The van der Waals surface area contributed by atoms with E-state index in [4.69, 9.17) is 32.7 Å². The van der Waals surface area contributed by atoms with Crippen LogP contribution in [0.2, 0.25) is 10.0 Å². The molecular formula is C18H17Cl2NO4. The zero-order valence-electron chi connectivity index (χ0n) is 13.6. The second kappa shape index (κ2) is 9.30. The molecule has 0 aromatic heterocycles. The maximum Gasteiger partial charge on any atom is 0.340 e. The van der Waals surface area contributed by atoms with Gasteiger partial charge in [-0.3, -0.25) is 4.79 Å². The number of nitrogens with one attached hydrogen (secondary N) is 1. The topological polar surface area (TPSA) is 64.6 Å². The number of carbonyl (C=O) groups is 2. The highest BCUT2D eigenvalue weighted by atomic mass is 35.5. The Labute approximate surface area is 155 Å². The monoisotopic (exact) mass is 381 g/mol. The van der Waals surface area contributed by atoms with Crippen LogP contribution in [0, 0.1) is 0 Å². The summed E-state index contributed by atoms with van der Waals surface area (Å²) in [6, 6.07) is 12.0. The van der Waals surface area contributed by atoms with E-state index in [1.807, 2.05) is 24.3 Å². The van der Waals surface area contributed by atoms with Crippen molar-refractivity contribution in [2.75, 3.05) is 20.3 Å². The first-order valence-corrected chi connectivity index (χ1v) is 8.27. The van der Waals surface area contributed by atoms with Crippen LogP contribution in [0.5, 0.6) is 5.75 Å². The van der Waals surface area contributed by atoms with E-state index in [0.29, 0.717) is 18.0 Å². The Kier molecular flexibility index (Phi) is 7.10. The van der Waals surface area contributed by atoms with Gasteiger partial charge in [0, 0.05) is 11.6 Å². The molecule has 25 heavy (non-hydrogen) atoms. The molecule has 0 fully saturated rings. The second-order valence-corrected chi connectivity index (χ2v) is 5.99. The van der Waals surface area contributed by atoms with E-state index < -0.39 is 5.97 Å². The Morgan fingerprint density at radius 1 is 1.08 bits per heavy atom. The number of halogens is 2. The minimum atomic E-state index is -0.674. The Balaban J connectivity index is 1.73. The summed E-state index contributed by atoms with van der Waals surface area (Å²) >= 11 is 11.7. The summed E-state index contributed by atoms with van der Waals surface area (Å²) in [6.45, 7) is 0.0603. The molecule has 0 atom stereocenters. The highest BCUT2D eigenvalue weighted by Gasteiger charge is 2.13. The fraction of sp³-hybridized carbons (Fsp3) is 0.222. The van der Waals surface area contributed by atoms with Crippen LogP contribution in [0.1, 0.15) is 15.9 Å². The van der Waals surface area contributed by atoms with E-state index >= 15 is 0 Å². The molecule has 2 aromatic carbocycles. The predicted molar refractivity (Wildman–Crippen MR) is 96.5 cm³/mol. The number of rotatable bonds is 7. The lowest BCUT2D eigenvalue weighted by Crippen LogP contribution is -2.30. The molecule has 5 nitrogen and oxygen atoms in total. The zero-order chi connectivity index (χ0) is 18.2. The summed E-state index contributed by atoms with van der Waals surface area (Å²) in [5.74, 6) is -0.278. The SMILES string of the molecule is COc1ccc(CCNC(=O)COC(=O)c2ccc(Cl)cc2Cl)cc1. The highest BCUT2D eigenvalue weighted by molar-refractivity contribution is 6.36. The summed E-state index contributed by atoms with van der Waals surface area (Å²) in [4.78, 5) is 23.6. The summed E-state index contributed by atoms with van der Waals surface area (Å²) in [7, 11) is 1.60. The third kappa shape index (κ3) is 5.96. The lowest BCUT2D eigenvalue weighted by molar-refractivity contribution is -0.124. The standard InChI is InChI=1S/C18H17Cl2NO4/c1-24-14-5-2-12(3-6-14)8-9-21-17(22)11-25-18(23)15-7-4-13(19)10-16(15)20/h2-7,10H,8-9,11H2,1H3,(H,21,22). The van der Waals surface area contributed by atoms with Crippen molar-refractivity contribution in [3.05, 3.63) is 63.6 Å². The number of amides is 1. The lowest BCUT2D eigenvalue weighted by atomic mass is 10.1. The van der Waals surface area contributed by atoms with Gasteiger partial charge in [-0.15, -0.1) is 0 Å². The number of methoxy groups -OCH3 is 1. The Hall–Kier alpha value is -2.24. The quantitative estimate of drug-likeness (QED) is 0.745. The Bertz CT molecular complexity index is 747. The zero-order valence-corrected chi connectivity index (χ0v) is 15.1. The molecule has 0 radical (unpaired) electrons. The highest BCUT2D eigenvalue weighted by Crippen LogP contribution is 2.21. The van der Waals surface area contributed by atoms with Gasteiger partial charge in [0.05, 0.1) is 17.7 Å². The van der Waals surface area contributed by atoms with Gasteiger partial charge in [0.25, 0.3) is 5.91 Å². The van der Waals surface area contributed by atoms with Gasteiger partial charge >= 0.3 is 5.97 Å². The molecule has 1 amide bonds. The lowest BCUT2D eigenvalue weighted by Gasteiger charge is -2.08. The van der Waals surface area contributed by atoms with Crippen molar-refractivity contribution in [1.82, 2.24) is 5.32 Å². The molecule has 0 bridgehead atoms. The van der Waals surface area contributed by atoms with Gasteiger partial charge in [-0.05, 0) is 42.3 Å². The van der Waals surface area contributed by atoms with Crippen molar-refractivity contribution in [1.29, 1.82) is 0 Å². The normalized spacial score (nSPS) is 10.2. The van der Waals surface area contributed by atoms with Gasteiger partial charge < -0.3 is 14.8 Å². The van der Waals surface area contributed by atoms with E-state index in [1.165, 1.54) is 18.2 Å². The molecule has 2 rings (SSSR count). The van der Waals surface area contributed by atoms with E-state index in [1.54, 1.807) is 7.11 Å². The molecule has 0 aliphatic carbocycles. The summed E-state index contributed by atoms with van der Waals surface area (Å²) < 4.78 is 10.0. The van der Waals surface area contributed by atoms with Crippen LogP contribution in [-0.2, 0) is 16.0 Å². The van der Waals surface area contributed by atoms with Crippen molar-refractivity contribution in [2.45, 2.75) is 6.42 Å². The number of esters is 1. The average molecular weight is 382 g/mol. The first-order chi connectivity index (χ1) is 12.0. The van der Waals surface area contributed by atoms with E-state index in [-0.39, 0.29) is 23.1 Å². The van der Waals surface area contributed by atoms with Crippen molar-refractivity contribution >= 4 is 35.1 Å². The molecule has 0 saturated carbocycles. The van der Waals surface area contributed by atoms with Gasteiger partial charge in [-0.1, -0.05) is 35.3 Å². The maximum atomic E-state index is 11.9. The Morgan fingerprint density at radius 3 is 2.44 bits per heavy atom. The van der Waals surface area contributed by atoms with Crippen LogP contribution in [0.25, 0.3) is 0 Å². The molecule has 7 heteroatoms. The van der Waals surface area contributed by atoms with Crippen LogP contribution in [0.4, 0.5) is 0 Å². The minimum Gasteiger partial charge on any atom is -0.497 e. The van der Waals surface area contributed by atoms with Crippen LogP contribution >= 0.6 is 23.2 Å². The number of benzene rings is 2. The molecule has 0 aliphatic rings. The van der Waals surface area contributed by atoms with Gasteiger partial charge in [0.2, 0.25) is 0 Å². The van der Waals surface area contributed by atoms with Crippen molar-refractivity contribution < 1.29 is 19.1 Å². The van der Waals surface area contributed by atoms with Gasteiger partial charge in [-0.25, -0.2) is 4.79 Å². The fourth-order valence-corrected chi connectivity index (χ4v) is 2.54. The van der Waals surface area contributed by atoms with Gasteiger partial charge in [0.15, 0.2) is 6.61 Å². The average Bonchev–Trinajstić information content (AvgIpc) is 2.60. The minimum absolute atomic E-state index is 0.164. The number of hydrogen-bond donors (Lipinski definition) is 1. The molecule has 0 aliphatic heterocycles. The van der Waals surface area contributed by atoms with Crippen molar-refractivity contribution in [3.63, 3.8) is 0 Å². The van der Waals surface area contributed by atoms with Crippen LogP contribution in [-0.4, -0.2) is 32.1 Å². The van der Waals surface area contributed by atoms with E-state index in [9.17, 15) is 9.59 Å². The van der Waals surface area contributed by atoms with Crippen LogP contribution in [0.15, 0.2) is 42.5 Å². The van der Waals surface area contributed by atoms with Crippen molar-refractivity contribution in [3.8, 4) is 5.75 Å². The van der Waals surface area contributed by atoms with Crippen LogP contribution in [0.3, 0.4) is 0 Å². The largest absolute Gasteiger partial charge is 0.497 e. The van der Waals surface area contributed by atoms with Gasteiger partial charge in [0.1, 0.15) is 5.75 Å². The number of ether oxygens (including phenoxy) is 2. The number of hydrogen-bond acceptors (Lipinski definition) is 4. The molecule has 0 heterocycles. The maximum absolute atomic E-state index is 11.9. The molecule has 0 spiro atoms. The third-order valence-corrected chi connectivity index (χ3v) is 3.93. The first-order valence-electron chi connectivity index (χ1n) is 7.51. The summed E-state index contributed by atoms with van der Waals surface area (Å²) in [5, 5.41) is 3.28. The predicted octanol–water partition coefficient (Wildman–Crippen LogP) is 3.52. The number of carbonyl (C=O) groups excluding carboxylic acids is 2.